The molecule has 29 heavy (non-hydrogen) atoms. The van der Waals surface area contributed by atoms with Crippen molar-refractivity contribution in [2.45, 2.75) is 52.6 Å². The van der Waals surface area contributed by atoms with Crippen LogP contribution in [0, 0.1) is 5.92 Å². The molecule has 0 radical (unpaired) electrons. The first kappa shape index (κ1) is 20.8. The first-order chi connectivity index (χ1) is 13.8. The Balaban J connectivity index is 1.91. The smallest absolute Gasteiger partial charge is 0.170 e. The third-order valence-corrected chi connectivity index (χ3v) is 5.32. The molecular weight excluding hydrogens is 368 g/mol. The number of hydrogen-bond acceptors (Lipinski definition) is 5. The van der Waals surface area contributed by atoms with E-state index in [1.165, 1.54) is 23.8 Å². The van der Waals surface area contributed by atoms with Gasteiger partial charge < -0.3 is 20.1 Å². The summed E-state index contributed by atoms with van der Waals surface area (Å²) in [6, 6.07) is 7.54. The number of Topliss-reactive ketones (excluding diaryl/α,β-unsaturated/α-hetero) is 1. The van der Waals surface area contributed by atoms with Crippen LogP contribution in [0.2, 0.25) is 0 Å². The van der Waals surface area contributed by atoms with Gasteiger partial charge in [0.05, 0.1) is 12.0 Å². The number of phenols is 3. The molecule has 1 unspecified atom stereocenters. The lowest BCUT2D eigenvalue weighted by Crippen LogP contribution is -2.21. The molecule has 2 aromatic carbocycles. The van der Waals surface area contributed by atoms with Gasteiger partial charge in [0.2, 0.25) is 0 Å². The fourth-order valence-corrected chi connectivity index (χ4v) is 3.54. The van der Waals surface area contributed by atoms with Crippen molar-refractivity contribution in [2.75, 3.05) is 0 Å². The lowest BCUT2D eigenvalue weighted by Gasteiger charge is -2.27. The highest BCUT2D eigenvalue weighted by molar-refractivity contribution is 6.00. The maximum atomic E-state index is 12.6. The number of allylic oxidation sites excluding steroid dienone is 2. The minimum absolute atomic E-state index is 0.0229. The molecule has 0 aromatic heterocycles. The minimum Gasteiger partial charge on any atom is -0.508 e. The summed E-state index contributed by atoms with van der Waals surface area (Å²) in [6.07, 6.45) is 4.07. The fraction of sp³-hybridized carbons (Fsp3) is 0.375. The van der Waals surface area contributed by atoms with E-state index in [-0.39, 0.29) is 29.5 Å². The van der Waals surface area contributed by atoms with Gasteiger partial charge in [0.15, 0.2) is 17.3 Å². The van der Waals surface area contributed by atoms with Crippen molar-refractivity contribution in [3.05, 3.63) is 58.7 Å². The molecule has 0 aliphatic carbocycles. The number of phenolic OH excluding ortho intramolecular Hbond substituents is 3. The molecule has 5 nitrogen and oxygen atoms in total. The van der Waals surface area contributed by atoms with Gasteiger partial charge in [0.25, 0.3) is 0 Å². The van der Waals surface area contributed by atoms with E-state index in [1.807, 2.05) is 6.08 Å². The van der Waals surface area contributed by atoms with Crippen LogP contribution in [0.4, 0.5) is 0 Å². The molecule has 5 heteroatoms. The molecule has 1 aliphatic rings. The normalized spacial score (nSPS) is 16.6. The lowest BCUT2D eigenvalue weighted by molar-refractivity contribution is 0.0848. The Morgan fingerprint density at radius 1 is 1.21 bits per heavy atom. The molecule has 0 fully saturated rings. The summed E-state index contributed by atoms with van der Waals surface area (Å²) >= 11 is 0. The number of fused-ring (bicyclic) bond motifs is 1. The average Bonchev–Trinajstić information content (AvgIpc) is 2.66. The summed E-state index contributed by atoms with van der Waals surface area (Å²) in [7, 11) is 0. The van der Waals surface area contributed by atoms with Gasteiger partial charge >= 0.3 is 0 Å². The molecule has 0 saturated heterocycles. The van der Waals surface area contributed by atoms with Crippen LogP contribution in [0.3, 0.4) is 0 Å². The topological polar surface area (TPSA) is 87.0 Å². The van der Waals surface area contributed by atoms with E-state index in [0.717, 1.165) is 12.8 Å². The second-order valence-corrected chi connectivity index (χ2v) is 8.10. The molecule has 1 aliphatic heterocycles. The maximum Gasteiger partial charge on any atom is 0.170 e. The standard InChI is InChI=1S/C24H28O5/c1-14(2)4-5-15(3)6-8-18-17(10-11-20(26)24(18)28)23-13-21(27)19-9-7-16(25)12-22(19)29-23/h6-7,9-12,14,23,25-26,28H,4-5,8,13H2,1-3H3/b15-6+. The highest BCUT2D eigenvalue weighted by Crippen LogP contribution is 2.41. The van der Waals surface area contributed by atoms with Crippen molar-refractivity contribution in [2.24, 2.45) is 5.92 Å². The molecule has 0 spiro atoms. The van der Waals surface area contributed by atoms with E-state index in [4.69, 9.17) is 4.74 Å². The summed E-state index contributed by atoms with van der Waals surface area (Å²) < 4.78 is 6.00. The van der Waals surface area contributed by atoms with Crippen molar-refractivity contribution >= 4 is 5.78 Å². The molecule has 3 N–H and O–H groups in total. The molecule has 2 aromatic rings. The van der Waals surface area contributed by atoms with Crippen LogP contribution in [0.5, 0.6) is 23.0 Å². The van der Waals surface area contributed by atoms with Crippen molar-refractivity contribution < 1.29 is 24.9 Å². The zero-order chi connectivity index (χ0) is 21.1. The van der Waals surface area contributed by atoms with Crippen molar-refractivity contribution in [3.8, 4) is 23.0 Å². The molecule has 3 rings (SSSR count). The van der Waals surface area contributed by atoms with Gasteiger partial charge in [-0.1, -0.05) is 31.6 Å². The summed E-state index contributed by atoms with van der Waals surface area (Å²) in [5.41, 5.74) is 2.86. The minimum atomic E-state index is -0.595. The van der Waals surface area contributed by atoms with Gasteiger partial charge in [0.1, 0.15) is 17.6 Å². The number of ether oxygens (including phenoxy) is 1. The van der Waals surface area contributed by atoms with Crippen LogP contribution in [0.1, 0.15) is 67.6 Å². The van der Waals surface area contributed by atoms with Crippen LogP contribution < -0.4 is 4.74 Å². The Kier molecular flexibility index (Phi) is 6.16. The van der Waals surface area contributed by atoms with Gasteiger partial charge in [-0.2, -0.15) is 0 Å². The molecule has 154 valence electrons. The molecule has 1 heterocycles. The maximum absolute atomic E-state index is 12.6. The Bertz CT molecular complexity index is 943. The Labute approximate surface area is 171 Å². The average molecular weight is 396 g/mol. The molecule has 0 bridgehead atoms. The van der Waals surface area contributed by atoms with Gasteiger partial charge in [-0.25, -0.2) is 0 Å². The van der Waals surface area contributed by atoms with Gasteiger partial charge in [-0.05, 0) is 50.3 Å². The summed E-state index contributed by atoms with van der Waals surface area (Å²) in [4.78, 5) is 12.6. The second-order valence-electron chi connectivity index (χ2n) is 8.10. The van der Waals surface area contributed by atoms with E-state index in [0.29, 0.717) is 34.8 Å². The number of benzene rings is 2. The van der Waals surface area contributed by atoms with Gasteiger partial charge in [-0.3, -0.25) is 4.79 Å². The monoisotopic (exact) mass is 396 g/mol. The fourth-order valence-electron chi connectivity index (χ4n) is 3.54. The molecular formula is C24H28O5. The quantitative estimate of drug-likeness (QED) is 0.447. The van der Waals surface area contributed by atoms with Crippen LogP contribution in [0.25, 0.3) is 0 Å². The first-order valence-electron chi connectivity index (χ1n) is 9.98. The number of rotatable bonds is 6. The van der Waals surface area contributed by atoms with Crippen molar-refractivity contribution in [1.29, 1.82) is 0 Å². The van der Waals surface area contributed by atoms with Gasteiger partial charge in [-0.15, -0.1) is 0 Å². The van der Waals surface area contributed by atoms with E-state index in [9.17, 15) is 20.1 Å². The van der Waals surface area contributed by atoms with Crippen molar-refractivity contribution in [1.82, 2.24) is 0 Å². The first-order valence-corrected chi connectivity index (χ1v) is 9.98. The lowest BCUT2D eigenvalue weighted by atomic mass is 9.91. The van der Waals surface area contributed by atoms with E-state index >= 15 is 0 Å². The van der Waals surface area contributed by atoms with Crippen LogP contribution >= 0.6 is 0 Å². The second kappa shape index (κ2) is 8.60. The summed E-state index contributed by atoms with van der Waals surface area (Å²) in [5.74, 6) is 0.494. The van der Waals surface area contributed by atoms with Crippen LogP contribution in [0.15, 0.2) is 42.0 Å². The van der Waals surface area contributed by atoms with Crippen LogP contribution in [-0.4, -0.2) is 21.1 Å². The highest BCUT2D eigenvalue weighted by Gasteiger charge is 2.30. The third kappa shape index (κ3) is 4.73. The zero-order valence-corrected chi connectivity index (χ0v) is 17.1. The Morgan fingerprint density at radius 2 is 1.97 bits per heavy atom. The largest absolute Gasteiger partial charge is 0.508 e. The summed E-state index contributed by atoms with van der Waals surface area (Å²) in [5, 5.41) is 30.2. The Morgan fingerprint density at radius 3 is 2.69 bits per heavy atom. The van der Waals surface area contributed by atoms with Crippen LogP contribution in [-0.2, 0) is 6.42 Å². The number of carbonyl (C=O) groups excluding carboxylic acids is 1. The predicted octanol–water partition coefficient (Wildman–Crippen LogP) is 5.43. The van der Waals surface area contributed by atoms with Crippen molar-refractivity contribution in [3.63, 3.8) is 0 Å². The number of carbonyl (C=O) groups is 1. The molecule has 0 amide bonds. The molecule has 1 atom stereocenters. The third-order valence-electron chi connectivity index (χ3n) is 5.32. The number of hydrogen-bond donors (Lipinski definition) is 3. The zero-order valence-electron chi connectivity index (χ0n) is 17.1. The van der Waals surface area contributed by atoms with E-state index < -0.39 is 6.10 Å². The predicted molar refractivity (Wildman–Crippen MR) is 112 cm³/mol. The SMILES string of the molecule is C/C(=C\Cc1c(C2CC(=O)c3ccc(O)cc3O2)ccc(O)c1O)CCC(C)C. The van der Waals surface area contributed by atoms with E-state index in [2.05, 4.69) is 20.8 Å². The van der Waals surface area contributed by atoms with E-state index in [1.54, 1.807) is 12.1 Å². The number of ketones is 1. The summed E-state index contributed by atoms with van der Waals surface area (Å²) in [6.45, 7) is 6.42. The Hall–Kier alpha value is -2.95. The number of aromatic hydroxyl groups is 3. The highest BCUT2D eigenvalue weighted by atomic mass is 16.5. The van der Waals surface area contributed by atoms with Gasteiger partial charge in [0, 0.05) is 17.2 Å². The molecule has 0 saturated carbocycles.